The molecule has 0 saturated carbocycles. The summed E-state index contributed by atoms with van der Waals surface area (Å²) in [6, 6.07) is 22.0. The number of ether oxygens (including phenoxy) is 1. The lowest BCUT2D eigenvalue weighted by Gasteiger charge is -2.32. The summed E-state index contributed by atoms with van der Waals surface area (Å²) in [7, 11) is 2.15. The van der Waals surface area contributed by atoms with E-state index in [2.05, 4.69) is 65.1 Å². The second-order valence-electron chi connectivity index (χ2n) is 8.92. The minimum atomic E-state index is -0.158. The molecular weight excluding hydrogens is 458 g/mol. The highest BCUT2D eigenvalue weighted by Crippen LogP contribution is 2.28. The van der Waals surface area contributed by atoms with Crippen LogP contribution in [-0.2, 0) is 17.9 Å². The molecule has 4 rings (SSSR count). The van der Waals surface area contributed by atoms with Gasteiger partial charge in [0.15, 0.2) is 6.61 Å². The van der Waals surface area contributed by atoms with E-state index in [4.69, 9.17) is 16.3 Å². The van der Waals surface area contributed by atoms with Crippen molar-refractivity contribution in [1.29, 1.82) is 0 Å². The minimum absolute atomic E-state index is 0.0310. The Morgan fingerprint density at radius 3 is 2.37 bits per heavy atom. The van der Waals surface area contributed by atoms with Crippen LogP contribution in [0.1, 0.15) is 16.7 Å². The molecule has 0 spiro atoms. The molecule has 1 aliphatic heterocycles. The molecule has 5 nitrogen and oxygen atoms in total. The standard InChI is InChI=1S/C29H32ClN3O2/c1-3-22-4-8-24(9-5-22)25-10-13-28(26(18-25)20-33-16-14-32(2)15-17-33)35-21-29(34)31-19-23-6-11-27(30)12-7-23/h3-13,18H,1,14-17,19-21H2,2H3,(H,31,34). The Morgan fingerprint density at radius 2 is 1.69 bits per heavy atom. The largest absolute Gasteiger partial charge is 0.483 e. The molecule has 3 aromatic rings. The molecule has 35 heavy (non-hydrogen) atoms. The van der Waals surface area contributed by atoms with Gasteiger partial charge in [-0.15, -0.1) is 0 Å². The van der Waals surface area contributed by atoms with E-state index in [9.17, 15) is 4.79 Å². The van der Waals surface area contributed by atoms with Crippen LogP contribution in [0.4, 0.5) is 0 Å². The number of carbonyl (C=O) groups is 1. The molecular formula is C29H32ClN3O2. The fraction of sp³-hybridized carbons (Fsp3) is 0.276. The third kappa shape index (κ3) is 7.18. The zero-order valence-corrected chi connectivity index (χ0v) is 20.9. The van der Waals surface area contributed by atoms with E-state index in [1.54, 1.807) is 0 Å². The lowest BCUT2D eigenvalue weighted by Crippen LogP contribution is -2.43. The number of rotatable bonds is 9. The number of benzene rings is 3. The number of likely N-dealkylation sites (N-methyl/N-ethyl adjacent to an activating group) is 1. The SMILES string of the molecule is C=Cc1ccc(-c2ccc(OCC(=O)NCc3ccc(Cl)cc3)c(CN3CCN(C)CC3)c2)cc1. The summed E-state index contributed by atoms with van der Waals surface area (Å²) in [6.07, 6.45) is 1.84. The molecule has 1 heterocycles. The maximum Gasteiger partial charge on any atom is 0.258 e. The van der Waals surface area contributed by atoms with Crippen LogP contribution < -0.4 is 10.1 Å². The third-order valence-electron chi connectivity index (χ3n) is 6.29. The van der Waals surface area contributed by atoms with Crippen molar-refractivity contribution < 1.29 is 9.53 Å². The van der Waals surface area contributed by atoms with Crippen LogP contribution in [0.2, 0.25) is 5.02 Å². The quantitative estimate of drug-likeness (QED) is 0.454. The molecule has 1 fully saturated rings. The Labute approximate surface area is 213 Å². The number of nitrogens with one attached hydrogen (secondary N) is 1. The van der Waals surface area contributed by atoms with Crippen molar-refractivity contribution in [2.24, 2.45) is 0 Å². The van der Waals surface area contributed by atoms with Gasteiger partial charge in [0.25, 0.3) is 5.91 Å². The lowest BCUT2D eigenvalue weighted by molar-refractivity contribution is -0.123. The summed E-state index contributed by atoms with van der Waals surface area (Å²) in [5, 5.41) is 3.59. The van der Waals surface area contributed by atoms with Gasteiger partial charge < -0.3 is 15.0 Å². The summed E-state index contributed by atoms with van der Waals surface area (Å²) >= 11 is 5.93. The summed E-state index contributed by atoms with van der Waals surface area (Å²) < 4.78 is 6.01. The minimum Gasteiger partial charge on any atom is -0.483 e. The van der Waals surface area contributed by atoms with Crippen LogP contribution >= 0.6 is 11.6 Å². The normalized spacial score (nSPS) is 14.5. The van der Waals surface area contributed by atoms with E-state index in [0.29, 0.717) is 11.6 Å². The molecule has 6 heteroatoms. The third-order valence-corrected chi connectivity index (χ3v) is 6.54. The van der Waals surface area contributed by atoms with Gasteiger partial charge in [-0.3, -0.25) is 9.69 Å². The van der Waals surface area contributed by atoms with Gasteiger partial charge >= 0.3 is 0 Å². The number of carbonyl (C=O) groups excluding carboxylic acids is 1. The fourth-order valence-corrected chi connectivity index (χ4v) is 4.21. The van der Waals surface area contributed by atoms with Gasteiger partial charge in [-0.2, -0.15) is 0 Å². The van der Waals surface area contributed by atoms with Crippen LogP contribution in [0.25, 0.3) is 17.2 Å². The van der Waals surface area contributed by atoms with E-state index >= 15 is 0 Å². The molecule has 0 atom stereocenters. The highest BCUT2D eigenvalue weighted by atomic mass is 35.5. The first-order valence-electron chi connectivity index (χ1n) is 11.9. The summed E-state index contributed by atoms with van der Waals surface area (Å²) in [6.45, 7) is 9.14. The number of hydrogen-bond donors (Lipinski definition) is 1. The first-order valence-corrected chi connectivity index (χ1v) is 12.3. The van der Waals surface area contributed by atoms with Crippen molar-refractivity contribution in [1.82, 2.24) is 15.1 Å². The van der Waals surface area contributed by atoms with Crippen molar-refractivity contribution in [3.8, 4) is 16.9 Å². The second-order valence-corrected chi connectivity index (χ2v) is 9.36. The summed E-state index contributed by atoms with van der Waals surface area (Å²) in [4.78, 5) is 17.2. The predicted octanol–water partition coefficient (Wildman–Crippen LogP) is 5.09. The van der Waals surface area contributed by atoms with Crippen molar-refractivity contribution in [3.05, 3.63) is 95.0 Å². The molecule has 0 aromatic heterocycles. The molecule has 0 bridgehead atoms. The first kappa shape index (κ1) is 25.0. The molecule has 1 N–H and O–H groups in total. The second kappa shape index (κ2) is 12.0. The first-order chi connectivity index (χ1) is 17.0. The number of halogens is 1. The van der Waals surface area contributed by atoms with Crippen LogP contribution in [0, 0.1) is 0 Å². The van der Waals surface area contributed by atoms with Gasteiger partial charge in [0.1, 0.15) is 5.75 Å². The zero-order chi connectivity index (χ0) is 24.6. The highest BCUT2D eigenvalue weighted by Gasteiger charge is 2.17. The molecule has 0 aliphatic carbocycles. The lowest BCUT2D eigenvalue weighted by atomic mass is 10.0. The van der Waals surface area contributed by atoms with E-state index < -0.39 is 0 Å². The Bertz CT molecular complexity index is 1140. The maximum atomic E-state index is 12.5. The van der Waals surface area contributed by atoms with E-state index in [-0.39, 0.29) is 12.5 Å². The van der Waals surface area contributed by atoms with E-state index in [1.807, 2.05) is 36.4 Å². The molecule has 0 unspecified atom stereocenters. The average molecular weight is 490 g/mol. The van der Waals surface area contributed by atoms with Gasteiger partial charge in [-0.1, -0.05) is 66.7 Å². The summed E-state index contributed by atoms with van der Waals surface area (Å²) in [5.74, 6) is 0.589. The zero-order valence-electron chi connectivity index (χ0n) is 20.2. The van der Waals surface area contributed by atoms with Crippen LogP contribution in [0.5, 0.6) is 5.75 Å². The number of amides is 1. The molecule has 3 aromatic carbocycles. The molecule has 0 radical (unpaired) electrons. The van der Waals surface area contributed by atoms with Crippen molar-refractivity contribution in [2.45, 2.75) is 13.1 Å². The van der Waals surface area contributed by atoms with Crippen molar-refractivity contribution in [2.75, 3.05) is 39.8 Å². The Hall–Kier alpha value is -3.12. The summed E-state index contributed by atoms with van der Waals surface area (Å²) in [5.41, 5.74) is 5.44. The van der Waals surface area contributed by atoms with E-state index in [0.717, 1.165) is 66.3 Å². The average Bonchev–Trinajstić information content (AvgIpc) is 2.89. The Balaban J connectivity index is 1.45. The van der Waals surface area contributed by atoms with Crippen molar-refractivity contribution >= 4 is 23.6 Å². The van der Waals surface area contributed by atoms with Gasteiger partial charge in [0, 0.05) is 49.9 Å². The van der Waals surface area contributed by atoms with Crippen LogP contribution in [-0.4, -0.2) is 55.5 Å². The fourth-order valence-electron chi connectivity index (χ4n) is 4.08. The smallest absolute Gasteiger partial charge is 0.258 e. The van der Waals surface area contributed by atoms with Crippen LogP contribution in [0.3, 0.4) is 0 Å². The monoisotopic (exact) mass is 489 g/mol. The topological polar surface area (TPSA) is 44.8 Å². The molecule has 1 aliphatic rings. The Morgan fingerprint density at radius 1 is 1.00 bits per heavy atom. The molecule has 182 valence electrons. The van der Waals surface area contributed by atoms with Crippen LogP contribution in [0.15, 0.2) is 73.3 Å². The van der Waals surface area contributed by atoms with Gasteiger partial charge in [0.05, 0.1) is 0 Å². The molecule has 1 saturated heterocycles. The van der Waals surface area contributed by atoms with Gasteiger partial charge in [-0.05, 0) is 53.6 Å². The van der Waals surface area contributed by atoms with Gasteiger partial charge in [-0.25, -0.2) is 0 Å². The number of hydrogen-bond acceptors (Lipinski definition) is 4. The van der Waals surface area contributed by atoms with E-state index in [1.165, 1.54) is 0 Å². The highest BCUT2D eigenvalue weighted by molar-refractivity contribution is 6.30. The number of nitrogens with zero attached hydrogens (tertiary/aromatic N) is 2. The molecule has 1 amide bonds. The maximum absolute atomic E-state index is 12.5. The number of piperazine rings is 1. The Kier molecular flexibility index (Phi) is 8.59. The van der Waals surface area contributed by atoms with Gasteiger partial charge in [0.2, 0.25) is 0 Å². The predicted molar refractivity (Wildman–Crippen MR) is 144 cm³/mol. The van der Waals surface area contributed by atoms with Crippen molar-refractivity contribution in [3.63, 3.8) is 0 Å².